The van der Waals surface area contributed by atoms with Crippen LogP contribution in [0.3, 0.4) is 0 Å². The summed E-state index contributed by atoms with van der Waals surface area (Å²) in [6.07, 6.45) is -1.41. The lowest BCUT2D eigenvalue weighted by Crippen LogP contribution is -2.30. The Morgan fingerprint density at radius 1 is 0.912 bits per heavy atom. The number of amides is 1. The molecule has 178 valence electrons. The van der Waals surface area contributed by atoms with Gasteiger partial charge in [-0.25, -0.2) is 26.4 Å². The van der Waals surface area contributed by atoms with E-state index in [1.54, 1.807) is 0 Å². The van der Waals surface area contributed by atoms with Gasteiger partial charge in [-0.05, 0) is 67.9 Å². The number of anilines is 2. The van der Waals surface area contributed by atoms with Crippen molar-refractivity contribution in [1.82, 2.24) is 0 Å². The Morgan fingerprint density at radius 3 is 2.24 bits per heavy atom. The largest absolute Gasteiger partial charge is 0.449 e. The Labute approximate surface area is 193 Å². The van der Waals surface area contributed by atoms with Crippen molar-refractivity contribution in [3.05, 3.63) is 89.2 Å². The molecule has 0 unspecified atom stereocenters. The van der Waals surface area contributed by atoms with Crippen LogP contribution in [0.25, 0.3) is 0 Å². The first-order valence-corrected chi connectivity index (χ1v) is 11.3. The number of rotatable bonds is 7. The highest BCUT2D eigenvalue weighted by Crippen LogP contribution is 2.22. The molecule has 1 atom stereocenters. The summed E-state index contributed by atoms with van der Waals surface area (Å²) in [5, 5.41) is 2.12. The van der Waals surface area contributed by atoms with E-state index in [0.29, 0.717) is 5.56 Å². The van der Waals surface area contributed by atoms with Crippen LogP contribution in [0.1, 0.15) is 22.8 Å². The quantitative estimate of drug-likeness (QED) is 0.476. The molecule has 0 fully saturated rings. The molecule has 0 aromatic heterocycles. The first-order chi connectivity index (χ1) is 16.0. The summed E-state index contributed by atoms with van der Waals surface area (Å²) in [5.74, 6) is -4.13. The number of esters is 1. The Morgan fingerprint density at radius 2 is 1.56 bits per heavy atom. The SMILES string of the molecule is Cc1ccc(C(=O)O[C@@H](C)C(=O)Nc2cc(F)ccc2F)cc1S(=O)(=O)Nc1ccc(F)cc1. The second-order valence-electron chi connectivity index (χ2n) is 7.25. The highest BCUT2D eigenvalue weighted by atomic mass is 32.2. The highest BCUT2D eigenvalue weighted by Gasteiger charge is 2.23. The fraction of sp³-hybridized carbons (Fsp3) is 0.130. The molecule has 0 saturated heterocycles. The van der Waals surface area contributed by atoms with Crippen LogP contribution in [0.4, 0.5) is 24.5 Å². The Balaban J connectivity index is 1.75. The molecule has 0 aliphatic rings. The van der Waals surface area contributed by atoms with Crippen LogP contribution in [0.15, 0.2) is 65.6 Å². The lowest BCUT2D eigenvalue weighted by molar-refractivity contribution is -0.123. The van der Waals surface area contributed by atoms with Crippen molar-refractivity contribution < 1.29 is 35.9 Å². The number of aryl methyl sites for hydroxylation is 1. The van der Waals surface area contributed by atoms with Gasteiger partial charge in [0.15, 0.2) is 6.10 Å². The Bertz CT molecular complexity index is 1350. The van der Waals surface area contributed by atoms with Gasteiger partial charge >= 0.3 is 5.97 Å². The van der Waals surface area contributed by atoms with E-state index in [-0.39, 0.29) is 16.1 Å². The molecule has 3 aromatic rings. The van der Waals surface area contributed by atoms with E-state index in [9.17, 15) is 31.2 Å². The molecule has 0 aliphatic heterocycles. The zero-order valence-corrected chi connectivity index (χ0v) is 18.8. The molecule has 2 N–H and O–H groups in total. The van der Waals surface area contributed by atoms with Crippen molar-refractivity contribution in [2.24, 2.45) is 0 Å². The van der Waals surface area contributed by atoms with Gasteiger partial charge in [0.1, 0.15) is 17.5 Å². The van der Waals surface area contributed by atoms with E-state index in [0.717, 1.165) is 36.4 Å². The Kier molecular flexibility index (Phi) is 7.26. The second kappa shape index (κ2) is 9.96. The number of hydrogen-bond acceptors (Lipinski definition) is 5. The summed E-state index contributed by atoms with van der Waals surface area (Å²) in [4.78, 5) is 24.5. The minimum atomic E-state index is -4.14. The molecule has 0 heterocycles. The van der Waals surface area contributed by atoms with E-state index < -0.39 is 51.1 Å². The number of ether oxygens (including phenoxy) is 1. The minimum absolute atomic E-state index is 0.114. The smallest absolute Gasteiger partial charge is 0.338 e. The molecule has 0 spiro atoms. The van der Waals surface area contributed by atoms with Crippen LogP contribution in [0.2, 0.25) is 0 Å². The van der Waals surface area contributed by atoms with Gasteiger partial charge in [-0.2, -0.15) is 0 Å². The van der Waals surface area contributed by atoms with Crippen LogP contribution >= 0.6 is 0 Å². The number of halogens is 3. The summed E-state index contributed by atoms with van der Waals surface area (Å²) >= 11 is 0. The number of carbonyl (C=O) groups excluding carboxylic acids is 2. The predicted octanol–water partition coefficient (Wildman–Crippen LogP) is 4.40. The standard InChI is InChI=1S/C23H19F3N2O5S/c1-13-3-4-15(11-21(13)34(31,32)28-18-8-5-16(24)6-9-18)23(30)33-14(2)22(29)27-20-12-17(25)7-10-19(20)26/h3-12,14,28H,1-2H3,(H,27,29)/t14-/m0/s1. The van der Waals surface area contributed by atoms with Crippen LogP contribution in [-0.2, 0) is 19.6 Å². The topological polar surface area (TPSA) is 102 Å². The molecule has 3 rings (SSSR count). The van der Waals surface area contributed by atoms with E-state index >= 15 is 0 Å². The molecule has 0 radical (unpaired) electrons. The number of carbonyl (C=O) groups is 2. The highest BCUT2D eigenvalue weighted by molar-refractivity contribution is 7.92. The van der Waals surface area contributed by atoms with Crippen molar-refractivity contribution >= 4 is 33.3 Å². The fourth-order valence-corrected chi connectivity index (χ4v) is 4.18. The van der Waals surface area contributed by atoms with Crippen molar-refractivity contribution in [3.8, 4) is 0 Å². The third-order valence-corrected chi connectivity index (χ3v) is 6.17. The third-order valence-electron chi connectivity index (χ3n) is 4.65. The van der Waals surface area contributed by atoms with Gasteiger partial charge in [0.2, 0.25) is 0 Å². The van der Waals surface area contributed by atoms with Crippen molar-refractivity contribution in [1.29, 1.82) is 0 Å². The predicted molar refractivity (Wildman–Crippen MR) is 118 cm³/mol. The zero-order chi connectivity index (χ0) is 25.0. The van der Waals surface area contributed by atoms with Crippen molar-refractivity contribution in [2.45, 2.75) is 24.8 Å². The van der Waals surface area contributed by atoms with E-state index in [2.05, 4.69) is 10.0 Å². The lowest BCUT2D eigenvalue weighted by atomic mass is 10.1. The maximum atomic E-state index is 13.7. The molecule has 0 aliphatic carbocycles. The number of nitrogens with one attached hydrogen (secondary N) is 2. The summed E-state index contributed by atoms with van der Waals surface area (Å²) in [6.45, 7) is 2.73. The van der Waals surface area contributed by atoms with Crippen molar-refractivity contribution in [2.75, 3.05) is 10.0 Å². The normalized spacial score (nSPS) is 12.0. The second-order valence-corrected chi connectivity index (χ2v) is 8.90. The average Bonchev–Trinajstić information content (AvgIpc) is 2.77. The summed E-state index contributed by atoms with van der Waals surface area (Å²) in [5.41, 5.74) is -0.160. The zero-order valence-electron chi connectivity index (χ0n) is 17.9. The first kappa shape index (κ1) is 24.8. The number of benzene rings is 3. The summed E-state index contributed by atoms with van der Waals surface area (Å²) < 4.78 is 73.0. The molecule has 1 amide bonds. The van der Waals surface area contributed by atoms with E-state index in [4.69, 9.17) is 4.74 Å². The fourth-order valence-electron chi connectivity index (χ4n) is 2.85. The van der Waals surface area contributed by atoms with Crippen LogP contribution < -0.4 is 10.0 Å². The van der Waals surface area contributed by atoms with Gasteiger partial charge in [0.25, 0.3) is 15.9 Å². The van der Waals surface area contributed by atoms with Gasteiger partial charge in [0, 0.05) is 11.8 Å². The van der Waals surface area contributed by atoms with Gasteiger partial charge in [-0.1, -0.05) is 6.07 Å². The molecule has 0 saturated carbocycles. The maximum Gasteiger partial charge on any atom is 0.338 e. The van der Waals surface area contributed by atoms with E-state index in [1.165, 1.54) is 38.1 Å². The van der Waals surface area contributed by atoms with Crippen LogP contribution in [-0.4, -0.2) is 26.4 Å². The molecule has 34 heavy (non-hydrogen) atoms. The van der Waals surface area contributed by atoms with E-state index in [1.807, 2.05) is 0 Å². The number of sulfonamides is 1. The molecule has 7 nitrogen and oxygen atoms in total. The molecular formula is C23H19F3N2O5S. The molecule has 3 aromatic carbocycles. The first-order valence-electron chi connectivity index (χ1n) is 9.82. The summed E-state index contributed by atoms with van der Waals surface area (Å²) in [6, 6.07) is 10.9. The lowest BCUT2D eigenvalue weighted by Gasteiger charge is -2.15. The van der Waals surface area contributed by atoms with Gasteiger partial charge < -0.3 is 10.1 Å². The van der Waals surface area contributed by atoms with Gasteiger partial charge in [0.05, 0.1) is 16.1 Å². The van der Waals surface area contributed by atoms with Crippen molar-refractivity contribution in [3.63, 3.8) is 0 Å². The minimum Gasteiger partial charge on any atom is -0.449 e. The molecule has 0 bridgehead atoms. The molecule has 11 heteroatoms. The summed E-state index contributed by atoms with van der Waals surface area (Å²) in [7, 11) is -4.14. The Hall–Kier alpha value is -3.86. The van der Waals surface area contributed by atoms with Gasteiger partial charge in [-0.3, -0.25) is 9.52 Å². The maximum absolute atomic E-state index is 13.7. The van der Waals surface area contributed by atoms with Crippen LogP contribution in [0, 0.1) is 24.4 Å². The monoisotopic (exact) mass is 492 g/mol. The third kappa shape index (κ3) is 5.93. The average molecular weight is 492 g/mol. The molecular weight excluding hydrogens is 473 g/mol. The van der Waals surface area contributed by atoms with Crippen LogP contribution in [0.5, 0.6) is 0 Å². The number of hydrogen-bond donors (Lipinski definition) is 2. The van der Waals surface area contributed by atoms with Gasteiger partial charge in [-0.15, -0.1) is 0 Å².